The summed E-state index contributed by atoms with van der Waals surface area (Å²) in [6.07, 6.45) is -9.63. The largest absolute Gasteiger partial charge is 0.480 e. The van der Waals surface area contributed by atoms with Crippen LogP contribution in [0.5, 0.6) is 0 Å². The number of morpholine rings is 1. The van der Waals surface area contributed by atoms with Crippen molar-refractivity contribution in [3.63, 3.8) is 0 Å². The maximum absolute atomic E-state index is 12.6. The fourth-order valence-corrected chi connectivity index (χ4v) is 9.02. The first-order chi connectivity index (χ1) is 40.8. The maximum Gasteiger partial charge on any atom is 0.327 e. The molecule has 496 valence electrons. The zero-order valence-electron chi connectivity index (χ0n) is 48.8. The fraction of sp³-hybridized carbons (Fsp3) is 0.760. The van der Waals surface area contributed by atoms with E-state index in [9.17, 15) is 98.4 Å². The minimum Gasteiger partial charge on any atom is -0.480 e. The Balaban J connectivity index is 0.000000598. The maximum atomic E-state index is 12.6. The third kappa shape index (κ3) is 32.2. The fourth-order valence-electron chi connectivity index (χ4n) is 9.02. The number of nitrogens with zero attached hydrogens (tertiary/aromatic N) is 6. The van der Waals surface area contributed by atoms with Crippen LogP contribution in [0.4, 0.5) is 0 Å². The first kappa shape index (κ1) is 76.4. The third-order valence-corrected chi connectivity index (χ3v) is 13.5. The zero-order chi connectivity index (χ0) is 65.5. The highest BCUT2D eigenvalue weighted by molar-refractivity contribution is 5.90. The summed E-state index contributed by atoms with van der Waals surface area (Å²) in [6, 6.07) is 0. The van der Waals surface area contributed by atoms with Crippen LogP contribution in [0, 0.1) is 11.8 Å². The molecule has 2 amide bonds. The second-order valence-electron chi connectivity index (χ2n) is 20.7. The van der Waals surface area contributed by atoms with E-state index in [4.69, 9.17) is 29.2 Å². The van der Waals surface area contributed by atoms with Crippen LogP contribution in [0.1, 0.15) is 27.7 Å². The SMILES string of the molecule is CC(=O)OC1[C@H](OC(C)=O)OC(CNCCNC(=O)CN(CCN(CCN2CC(=O)OC(=O)C2)CC(=O)O)CC(=O)O)[C@@H](C)[C@@H]1C.O=C(O)CN(CCN(CC(=O)O)CC(=O)O)CCN(CC(=O)O)CC(=O)NCCNCC1O[C@@H](O)C(O)[C@@H](O)[C@@H]1O. The van der Waals surface area contributed by atoms with E-state index in [-0.39, 0.29) is 129 Å². The molecule has 0 aliphatic carbocycles. The predicted molar refractivity (Wildman–Crippen MR) is 291 cm³/mol. The molecular formula is C50H84N10O27. The number of rotatable bonds is 40. The summed E-state index contributed by atoms with van der Waals surface area (Å²) in [5, 5.41) is 105. The number of carboxylic acid groups (broad SMARTS) is 6. The topological polar surface area (TPSA) is 521 Å². The molecule has 0 bridgehead atoms. The van der Waals surface area contributed by atoms with Gasteiger partial charge in [0, 0.05) is 111 Å². The second-order valence-corrected chi connectivity index (χ2v) is 20.7. The molecule has 14 N–H and O–H groups in total. The second kappa shape index (κ2) is 39.9. The Morgan fingerprint density at radius 2 is 0.862 bits per heavy atom. The van der Waals surface area contributed by atoms with Gasteiger partial charge >= 0.3 is 59.7 Å². The van der Waals surface area contributed by atoms with Crippen LogP contribution in [-0.4, -0.2) is 358 Å². The lowest BCUT2D eigenvalue weighted by molar-refractivity contribution is -0.280. The van der Waals surface area contributed by atoms with Gasteiger partial charge < -0.3 is 96.0 Å². The van der Waals surface area contributed by atoms with Crippen LogP contribution in [0.2, 0.25) is 0 Å². The van der Waals surface area contributed by atoms with Gasteiger partial charge in [0.05, 0.1) is 71.6 Å². The average molecular weight is 1260 g/mol. The van der Waals surface area contributed by atoms with Crippen molar-refractivity contribution in [2.75, 3.05) is 157 Å². The summed E-state index contributed by atoms with van der Waals surface area (Å²) in [4.78, 5) is 147. The van der Waals surface area contributed by atoms with Crippen molar-refractivity contribution in [1.82, 2.24) is 50.7 Å². The molecule has 3 aliphatic heterocycles. The number of amides is 2. The van der Waals surface area contributed by atoms with Gasteiger partial charge in [0.15, 0.2) is 12.4 Å². The Kier molecular flexibility index (Phi) is 35.1. The molecule has 3 heterocycles. The number of carbonyl (C=O) groups is 12. The summed E-state index contributed by atoms with van der Waals surface area (Å²) in [5.74, 6) is -10.9. The number of carbonyl (C=O) groups excluding carboxylic acids is 6. The third-order valence-electron chi connectivity index (χ3n) is 13.5. The van der Waals surface area contributed by atoms with Crippen LogP contribution >= 0.6 is 0 Å². The molecule has 3 rings (SSSR count). The van der Waals surface area contributed by atoms with Crippen LogP contribution in [0.25, 0.3) is 0 Å². The first-order valence-electron chi connectivity index (χ1n) is 27.5. The number of aliphatic hydroxyl groups is 4. The molecule has 0 aromatic carbocycles. The minimum absolute atomic E-state index is 0.0154. The standard InChI is InChI=1S/C28H45N5O13.C22H39N5O14/c1-17-18(2)27(43-19(3)34)28(44-20(4)35)45-21(17)11-29-5-6-30-22(36)12-32(14-24(39)40)9-7-31(13-23(37)38)8-10-33-15-25(41)46-26(42)16-33;28-14(24-2-1-23-7-13-19(37)20(38)21(39)22(40)41-13)8-26(10-16(31)32)5-3-25(9-15(29)30)4-6-27(11-17(33)34)12-18(35)36/h17-18,21,27-29H,5-16H2,1-4H3,(H,30,36)(H,37,38)(H,39,40);13,19-23,37-40H,1-12H2,(H,24,28)(H,29,30)(H,31,32)(H,33,34)(H,35,36)/t17-,18-,21?,27?,28+;13?,19-,20+,21?,22-/m01/s1. The van der Waals surface area contributed by atoms with Gasteiger partial charge in [0.25, 0.3) is 0 Å². The molecular weight excluding hydrogens is 1170 g/mol. The summed E-state index contributed by atoms with van der Waals surface area (Å²) in [5.41, 5.74) is 0. The lowest BCUT2D eigenvalue weighted by Crippen LogP contribution is -2.59. The highest BCUT2D eigenvalue weighted by atomic mass is 16.7. The van der Waals surface area contributed by atoms with Crippen LogP contribution in [0.15, 0.2) is 0 Å². The van der Waals surface area contributed by atoms with Gasteiger partial charge in [-0.15, -0.1) is 0 Å². The Hall–Kier alpha value is -6.72. The predicted octanol–water partition coefficient (Wildman–Crippen LogP) is -8.92. The van der Waals surface area contributed by atoms with Crippen LogP contribution in [-0.2, 0) is 81.2 Å². The van der Waals surface area contributed by atoms with Crippen LogP contribution < -0.4 is 21.3 Å². The molecule has 87 heavy (non-hydrogen) atoms. The van der Waals surface area contributed by atoms with Crippen molar-refractivity contribution in [3.05, 3.63) is 0 Å². The van der Waals surface area contributed by atoms with Gasteiger partial charge in [0.1, 0.15) is 24.4 Å². The molecule has 10 atom stereocenters. The van der Waals surface area contributed by atoms with Gasteiger partial charge in [0.2, 0.25) is 18.1 Å². The number of aliphatic hydroxyl groups excluding tert-OH is 4. The normalized spacial score (nSPS) is 23.1. The molecule has 3 fully saturated rings. The van der Waals surface area contributed by atoms with Crippen molar-refractivity contribution >= 4 is 71.5 Å². The van der Waals surface area contributed by atoms with Crippen molar-refractivity contribution < 1.29 is 132 Å². The molecule has 37 nitrogen and oxygen atoms in total. The summed E-state index contributed by atoms with van der Waals surface area (Å²) < 4.78 is 26.0. The molecule has 0 aromatic rings. The Morgan fingerprint density at radius 3 is 1.28 bits per heavy atom. The van der Waals surface area contributed by atoms with Gasteiger partial charge in [-0.2, -0.15) is 0 Å². The van der Waals surface area contributed by atoms with Crippen molar-refractivity contribution in [3.8, 4) is 0 Å². The number of ether oxygens (including phenoxy) is 5. The smallest absolute Gasteiger partial charge is 0.327 e. The number of aliphatic carboxylic acids is 6. The van der Waals surface area contributed by atoms with Crippen molar-refractivity contribution in [1.29, 1.82) is 0 Å². The average Bonchev–Trinajstić information content (AvgIpc) is 1.42. The molecule has 4 unspecified atom stereocenters. The first-order valence-corrected chi connectivity index (χ1v) is 27.5. The molecule has 37 heteroatoms. The van der Waals surface area contributed by atoms with Gasteiger partial charge in [-0.1, -0.05) is 13.8 Å². The van der Waals surface area contributed by atoms with Gasteiger partial charge in [-0.05, 0) is 5.92 Å². The molecule has 0 saturated carbocycles. The van der Waals surface area contributed by atoms with E-state index < -0.39 is 147 Å². The highest BCUT2D eigenvalue weighted by Gasteiger charge is 2.45. The zero-order valence-corrected chi connectivity index (χ0v) is 48.8. The Bertz CT molecular complexity index is 2260. The molecule has 0 radical (unpaired) electrons. The van der Waals surface area contributed by atoms with Crippen molar-refractivity contribution in [2.45, 2.75) is 76.9 Å². The van der Waals surface area contributed by atoms with E-state index >= 15 is 0 Å². The van der Waals surface area contributed by atoms with Crippen molar-refractivity contribution in [2.24, 2.45) is 11.8 Å². The quantitative estimate of drug-likeness (QED) is 0.0117. The molecule has 3 saturated heterocycles. The monoisotopic (exact) mass is 1260 g/mol. The number of nitrogens with one attached hydrogen (secondary N) is 4. The summed E-state index contributed by atoms with van der Waals surface area (Å²) >= 11 is 0. The molecule has 3 aliphatic rings. The number of hydrogen-bond donors (Lipinski definition) is 14. The lowest BCUT2D eigenvalue weighted by Gasteiger charge is -2.43. The highest BCUT2D eigenvalue weighted by Crippen LogP contribution is 2.33. The van der Waals surface area contributed by atoms with Crippen LogP contribution in [0.3, 0.4) is 0 Å². The summed E-state index contributed by atoms with van der Waals surface area (Å²) in [6.45, 7) is 4.03. The lowest BCUT2D eigenvalue weighted by atomic mass is 9.83. The van der Waals surface area contributed by atoms with E-state index in [1.165, 1.54) is 38.3 Å². The molecule has 0 aromatic heterocycles. The number of esters is 4. The Morgan fingerprint density at radius 1 is 0.483 bits per heavy atom. The van der Waals surface area contributed by atoms with E-state index in [2.05, 4.69) is 26.0 Å². The van der Waals surface area contributed by atoms with E-state index in [0.29, 0.717) is 13.1 Å². The number of hydrogen-bond acceptors (Lipinski definition) is 29. The molecule has 0 spiro atoms. The Labute approximate surface area is 499 Å². The van der Waals surface area contributed by atoms with E-state index in [0.717, 1.165) is 4.90 Å². The van der Waals surface area contributed by atoms with E-state index in [1.54, 1.807) is 0 Å². The summed E-state index contributed by atoms with van der Waals surface area (Å²) in [7, 11) is 0. The van der Waals surface area contributed by atoms with E-state index in [1.807, 2.05) is 13.8 Å². The number of cyclic esters (lactones) is 2. The van der Waals surface area contributed by atoms with Gasteiger partial charge in [-0.3, -0.25) is 86.9 Å². The minimum atomic E-state index is -1.68. The number of carboxylic acids is 6. The van der Waals surface area contributed by atoms with Gasteiger partial charge in [-0.25, -0.2) is 0 Å².